The van der Waals surface area contributed by atoms with Gasteiger partial charge in [-0.25, -0.2) is 9.18 Å². The monoisotopic (exact) mass is 265 g/mol. The van der Waals surface area contributed by atoms with Gasteiger partial charge >= 0.3 is 6.09 Å². The summed E-state index contributed by atoms with van der Waals surface area (Å²) in [6.07, 6.45) is 0.479. The molecule has 2 rings (SSSR count). The first kappa shape index (κ1) is 13.5. The molecule has 1 amide bonds. The lowest BCUT2D eigenvalue weighted by Crippen LogP contribution is -2.36. The van der Waals surface area contributed by atoms with Crippen molar-refractivity contribution in [1.29, 1.82) is 0 Å². The lowest BCUT2D eigenvalue weighted by Gasteiger charge is -2.25. The van der Waals surface area contributed by atoms with E-state index >= 15 is 0 Å². The number of ether oxygens (including phenoxy) is 1. The number of aldehydes is 1. The molecule has 0 aliphatic carbocycles. The van der Waals surface area contributed by atoms with E-state index in [-0.39, 0.29) is 5.56 Å². The average molecular weight is 265 g/mol. The van der Waals surface area contributed by atoms with Gasteiger partial charge < -0.3 is 4.74 Å². The number of hydrogen-bond donors (Lipinski definition) is 0. The van der Waals surface area contributed by atoms with Crippen LogP contribution in [-0.2, 0) is 11.2 Å². The predicted molar refractivity (Wildman–Crippen MR) is 69.1 cm³/mol. The van der Waals surface area contributed by atoms with Crippen LogP contribution in [-0.4, -0.2) is 24.5 Å². The summed E-state index contributed by atoms with van der Waals surface area (Å²) in [7, 11) is 0. The quantitative estimate of drug-likeness (QED) is 0.733. The number of nitrogens with zero attached hydrogens (tertiary/aromatic N) is 1. The second kappa shape index (κ2) is 4.64. The molecule has 0 spiro atoms. The van der Waals surface area contributed by atoms with Crippen molar-refractivity contribution in [2.45, 2.75) is 32.8 Å². The lowest BCUT2D eigenvalue weighted by molar-refractivity contribution is 0.0584. The van der Waals surface area contributed by atoms with Gasteiger partial charge in [0.1, 0.15) is 11.4 Å². The van der Waals surface area contributed by atoms with Crippen molar-refractivity contribution >= 4 is 18.1 Å². The van der Waals surface area contributed by atoms with Crippen molar-refractivity contribution in [2.75, 3.05) is 11.4 Å². The number of benzene rings is 1. The molecule has 1 aromatic rings. The van der Waals surface area contributed by atoms with Crippen LogP contribution in [0.4, 0.5) is 14.9 Å². The summed E-state index contributed by atoms with van der Waals surface area (Å²) in [5, 5.41) is 0. The number of anilines is 1. The van der Waals surface area contributed by atoms with Gasteiger partial charge in [0.25, 0.3) is 0 Å². The smallest absolute Gasteiger partial charge is 0.414 e. The van der Waals surface area contributed by atoms with Crippen molar-refractivity contribution in [1.82, 2.24) is 0 Å². The molecule has 0 unspecified atom stereocenters. The van der Waals surface area contributed by atoms with E-state index < -0.39 is 17.5 Å². The summed E-state index contributed by atoms with van der Waals surface area (Å²) in [5.74, 6) is -0.621. The highest BCUT2D eigenvalue weighted by Gasteiger charge is 2.32. The molecular formula is C14H16FNO3. The maximum absolute atomic E-state index is 13.6. The molecule has 0 fully saturated rings. The zero-order valence-corrected chi connectivity index (χ0v) is 11.2. The largest absolute Gasteiger partial charge is 0.443 e. The molecule has 5 heteroatoms. The van der Waals surface area contributed by atoms with Crippen LogP contribution < -0.4 is 4.90 Å². The highest BCUT2D eigenvalue weighted by atomic mass is 19.1. The Bertz CT molecular complexity index is 534. The summed E-state index contributed by atoms with van der Waals surface area (Å²) < 4.78 is 18.9. The molecule has 0 saturated carbocycles. The Kier molecular flexibility index (Phi) is 3.30. The summed E-state index contributed by atoms with van der Waals surface area (Å²) in [6, 6.07) is 2.85. The van der Waals surface area contributed by atoms with Crippen molar-refractivity contribution in [3.63, 3.8) is 0 Å². The van der Waals surface area contributed by atoms with E-state index in [4.69, 9.17) is 4.74 Å². The van der Waals surface area contributed by atoms with Crippen LogP contribution in [0, 0.1) is 5.82 Å². The first-order chi connectivity index (χ1) is 8.83. The fourth-order valence-corrected chi connectivity index (χ4v) is 2.10. The molecule has 0 radical (unpaired) electrons. The minimum Gasteiger partial charge on any atom is -0.443 e. The van der Waals surface area contributed by atoms with E-state index in [1.54, 1.807) is 26.8 Å². The number of rotatable bonds is 1. The van der Waals surface area contributed by atoms with E-state index in [9.17, 15) is 14.0 Å². The van der Waals surface area contributed by atoms with E-state index in [2.05, 4.69) is 0 Å². The van der Waals surface area contributed by atoms with Crippen LogP contribution in [0.1, 0.15) is 36.7 Å². The zero-order chi connectivity index (χ0) is 14.2. The van der Waals surface area contributed by atoms with Crippen molar-refractivity contribution < 1.29 is 18.7 Å². The normalized spacial score (nSPS) is 14.2. The molecule has 19 heavy (non-hydrogen) atoms. The minimum atomic E-state index is -0.630. The SMILES string of the molecule is CC(C)(C)OC(=O)N1CCc2ccc(F)c(C=O)c21. The fourth-order valence-electron chi connectivity index (χ4n) is 2.10. The van der Waals surface area contributed by atoms with Crippen molar-refractivity contribution in [2.24, 2.45) is 0 Å². The third kappa shape index (κ3) is 2.59. The summed E-state index contributed by atoms with van der Waals surface area (Å²) in [4.78, 5) is 24.4. The average Bonchev–Trinajstić information content (AvgIpc) is 2.70. The first-order valence-electron chi connectivity index (χ1n) is 6.10. The van der Waals surface area contributed by atoms with Gasteiger partial charge in [0.05, 0.1) is 11.3 Å². The third-order valence-electron chi connectivity index (χ3n) is 2.85. The summed E-state index contributed by atoms with van der Waals surface area (Å²) in [6.45, 7) is 5.67. The Labute approximate surface area is 111 Å². The Balaban J connectivity index is 2.38. The molecule has 1 aliphatic rings. The molecule has 0 saturated heterocycles. The molecule has 1 heterocycles. The first-order valence-corrected chi connectivity index (χ1v) is 6.10. The Hall–Kier alpha value is -1.91. The highest BCUT2D eigenvalue weighted by Crippen LogP contribution is 2.33. The maximum Gasteiger partial charge on any atom is 0.414 e. The van der Waals surface area contributed by atoms with Crippen molar-refractivity contribution in [3.8, 4) is 0 Å². The maximum atomic E-state index is 13.6. The number of fused-ring (bicyclic) bond motifs is 1. The van der Waals surface area contributed by atoms with Gasteiger partial charge in [-0.15, -0.1) is 0 Å². The summed E-state index contributed by atoms with van der Waals surface area (Å²) >= 11 is 0. The van der Waals surface area contributed by atoms with Crippen LogP contribution in [0.15, 0.2) is 12.1 Å². The Morgan fingerprint density at radius 2 is 2.11 bits per heavy atom. The summed E-state index contributed by atoms with van der Waals surface area (Å²) in [5.41, 5.74) is 0.411. The molecule has 0 bridgehead atoms. The second-order valence-corrected chi connectivity index (χ2v) is 5.47. The van der Waals surface area contributed by atoms with Gasteiger partial charge in [-0.3, -0.25) is 9.69 Å². The number of carbonyl (C=O) groups is 2. The molecule has 102 valence electrons. The molecule has 1 aromatic carbocycles. The van der Waals surface area contributed by atoms with E-state index in [0.717, 1.165) is 5.56 Å². The molecule has 0 aromatic heterocycles. The molecule has 1 aliphatic heterocycles. The Morgan fingerprint density at radius 3 is 2.68 bits per heavy atom. The van der Waals surface area contributed by atoms with E-state index in [1.165, 1.54) is 11.0 Å². The molecule has 0 N–H and O–H groups in total. The van der Waals surface area contributed by atoms with Crippen LogP contribution in [0.5, 0.6) is 0 Å². The zero-order valence-electron chi connectivity index (χ0n) is 11.2. The van der Waals surface area contributed by atoms with Gasteiger partial charge in [-0.1, -0.05) is 6.07 Å². The van der Waals surface area contributed by atoms with Crippen LogP contribution in [0.3, 0.4) is 0 Å². The van der Waals surface area contributed by atoms with Gasteiger partial charge in [-0.05, 0) is 38.8 Å². The molecular weight excluding hydrogens is 249 g/mol. The highest BCUT2D eigenvalue weighted by molar-refractivity contribution is 5.98. The predicted octanol–water partition coefficient (Wildman–Crippen LogP) is 2.94. The fraction of sp³-hybridized carbons (Fsp3) is 0.429. The standard InChI is InChI=1S/C14H16FNO3/c1-14(2,3)19-13(18)16-7-6-9-4-5-11(15)10(8-17)12(9)16/h4-5,8H,6-7H2,1-3H3. The molecule has 0 atom stereocenters. The third-order valence-corrected chi connectivity index (χ3v) is 2.85. The van der Waals surface area contributed by atoms with Gasteiger partial charge in [0.2, 0.25) is 0 Å². The van der Waals surface area contributed by atoms with Crippen LogP contribution in [0.25, 0.3) is 0 Å². The number of hydrogen-bond acceptors (Lipinski definition) is 3. The van der Waals surface area contributed by atoms with E-state index in [0.29, 0.717) is 24.9 Å². The number of amides is 1. The number of carbonyl (C=O) groups excluding carboxylic acids is 2. The van der Waals surface area contributed by atoms with Gasteiger partial charge in [-0.2, -0.15) is 0 Å². The topological polar surface area (TPSA) is 46.6 Å². The van der Waals surface area contributed by atoms with E-state index in [1.807, 2.05) is 0 Å². The van der Waals surface area contributed by atoms with Gasteiger partial charge in [0, 0.05) is 6.54 Å². The number of halogens is 1. The van der Waals surface area contributed by atoms with Crippen LogP contribution >= 0.6 is 0 Å². The lowest BCUT2D eigenvalue weighted by atomic mass is 10.1. The van der Waals surface area contributed by atoms with Crippen molar-refractivity contribution in [3.05, 3.63) is 29.1 Å². The second-order valence-electron chi connectivity index (χ2n) is 5.47. The minimum absolute atomic E-state index is 0.0825. The van der Waals surface area contributed by atoms with Crippen LogP contribution in [0.2, 0.25) is 0 Å². The van der Waals surface area contributed by atoms with Gasteiger partial charge in [0.15, 0.2) is 6.29 Å². The Morgan fingerprint density at radius 1 is 1.42 bits per heavy atom. The molecule has 4 nitrogen and oxygen atoms in total.